The van der Waals surface area contributed by atoms with E-state index in [9.17, 15) is 0 Å². The molecule has 0 bridgehead atoms. The molecule has 18 heavy (non-hydrogen) atoms. The molecule has 2 nitrogen and oxygen atoms in total. The zero-order chi connectivity index (χ0) is 13.3. The van der Waals surface area contributed by atoms with Crippen molar-refractivity contribution >= 4 is 0 Å². The van der Waals surface area contributed by atoms with Crippen molar-refractivity contribution in [2.24, 2.45) is 0 Å². The van der Waals surface area contributed by atoms with Crippen LogP contribution in [-0.2, 0) is 4.74 Å². The van der Waals surface area contributed by atoms with Gasteiger partial charge in [0.05, 0.1) is 5.60 Å². The maximum atomic E-state index is 6.22. The van der Waals surface area contributed by atoms with Crippen LogP contribution in [0, 0.1) is 0 Å². The normalized spacial score (nSPS) is 20.2. The summed E-state index contributed by atoms with van der Waals surface area (Å²) in [6.07, 6.45) is 11.7. The summed E-state index contributed by atoms with van der Waals surface area (Å²) in [7, 11) is 0. The van der Waals surface area contributed by atoms with Crippen molar-refractivity contribution in [1.29, 1.82) is 0 Å². The highest BCUT2D eigenvalue weighted by Crippen LogP contribution is 2.38. The molecule has 1 aliphatic rings. The Kier molecular flexibility index (Phi) is 7.92. The van der Waals surface area contributed by atoms with Crippen LogP contribution in [0.4, 0.5) is 0 Å². The van der Waals surface area contributed by atoms with Crippen molar-refractivity contribution < 1.29 is 4.74 Å². The third-order valence-electron chi connectivity index (χ3n) is 4.25. The number of unbranched alkanes of at least 4 members (excludes halogenated alkanes) is 2. The molecule has 0 aromatic heterocycles. The zero-order valence-corrected chi connectivity index (χ0v) is 12.8. The Bertz CT molecular complexity index is 199. The van der Waals surface area contributed by atoms with E-state index < -0.39 is 0 Å². The van der Waals surface area contributed by atoms with Crippen LogP contribution in [0.5, 0.6) is 0 Å². The lowest BCUT2D eigenvalue weighted by atomic mass is 9.87. The number of hydrogen-bond acceptors (Lipinski definition) is 2. The minimum Gasteiger partial charge on any atom is -0.374 e. The topological polar surface area (TPSA) is 21.3 Å². The maximum absolute atomic E-state index is 6.22. The van der Waals surface area contributed by atoms with E-state index in [1.807, 2.05) is 0 Å². The monoisotopic (exact) mass is 255 g/mol. The van der Waals surface area contributed by atoms with Crippen LogP contribution >= 0.6 is 0 Å². The quantitative estimate of drug-likeness (QED) is 0.588. The standard InChI is InChI=1S/C16H33NO/c1-4-7-8-11-15(17-14-5-2)16(18-6-3)12-9-10-13-16/h15,17H,4-14H2,1-3H3. The van der Waals surface area contributed by atoms with Crippen LogP contribution in [0.15, 0.2) is 0 Å². The highest BCUT2D eigenvalue weighted by Gasteiger charge is 2.41. The van der Waals surface area contributed by atoms with Crippen LogP contribution in [0.1, 0.15) is 78.6 Å². The Morgan fingerprint density at radius 1 is 1.06 bits per heavy atom. The van der Waals surface area contributed by atoms with Gasteiger partial charge in [0.15, 0.2) is 0 Å². The second-order valence-corrected chi connectivity index (χ2v) is 5.71. The highest BCUT2D eigenvalue weighted by atomic mass is 16.5. The number of nitrogens with one attached hydrogen (secondary N) is 1. The van der Waals surface area contributed by atoms with Crippen molar-refractivity contribution in [3.63, 3.8) is 0 Å². The SMILES string of the molecule is CCCCCC(NCCC)C1(OCC)CCCC1. The number of ether oxygens (including phenoxy) is 1. The fourth-order valence-electron chi connectivity index (χ4n) is 3.32. The first-order valence-electron chi connectivity index (χ1n) is 8.16. The third kappa shape index (κ3) is 4.55. The molecule has 1 rings (SSSR count). The summed E-state index contributed by atoms with van der Waals surface area (Å²) in [5.74, 6) is 0. The molecule has 1 fully saturated rings. The Balaban J connectivity index is 2.58. The predicted octanol–water partition coefficient (Wildman–Crippen LogP) is 4.28. The second-order valence-electron chi connectivity index (χ2n) is 5.71. The van der Waals surface area contributed by atoms with Gasteiger partial charge in [-0.05, 0) is 39.2 Å². The summed E-state index contributed by atoms with van der Waals surface area (Å²) in [6.45, 7) is 8.66. The minimum absolute atomic E-state index is 0.150. The average molecular weight is 255 g/mol. The largest absolute Gasteiger partial charge is 0.374 e. The lowest BCUT2D eigenvalue weighted by molar-refractivity contribution is -0.0636. The van der Waals surface area contributed by atoms with Gasteiger partial charge in [-0.25, -0.2) is 0 Å². The number of hydrogen-bond donors (Lipinski definition) is 1. The average Bonchev–Trinajstić information content (AvgIpc) is 2.83. The summed E-state index contributed by atoms with van der Waals surface area (Å²) in [5.41, 5.74) is 0.150. The van der Waals surface area contributed by atoms with Gasteiger partial charge in [0, 0.05) is 12.6 Å². The molecule has 1 unspecified atom stereocenters. The van der Waals surface area contributed by atoms with Gasteiger partial charge in [-0.1, -0.05) is 46.0 Å². The fraction of sp³-hybridized carbons (Fsp3) is 1.00. The van der Waals surface area contributed by atoms with Gasteiger partial charge >= 0.3 is 0 Å². The Morgan fingerprint density at radius 2 is 1.78 bits per heavy atom. The van der Waals surface area contributed by atoms with Gasteiger partial charge in [0.2, 0.25) is 0 Å². The van der Waals surface area contributed by atoms with Crippen LogP contribution < -0.4 is 5.32 Å². The molecule has 2 heteroatoms. The smallest absolute Gasteiger partial charge is 0.0834 e. The molecule has 1 saturated carbocycles. The van der Waals surface area contributed by atoms with Crippen molar-refractivity contribution in [2.45, 2.75) is 90.2 Å². The second kappa shape index (κ2) is 8.92. The molecule has 0 amide bonds. The van der Waals surface area contributed by atoms with E-state index in [0.29, 0.717) is 6.04 Å². The molecule has 1 aliphatic carbocycles. The zero-order valence-electron chi connectivity index (χ0n) is 12.8. The van der Waals surface area contributed by atoms with Crippen LogP contribution in [0.3, 0.4) is 0 Å². The molecule has 1 N–H and O–H groups in total. The van der Waals surface area contributed by atoms with E-state index in [2.05, 4.69) is 26.1 Å². The van der Waals surface area contributed by atoms with Crippen molar-refractivity contribution in [3.05, 3.63) is 0 Å². The fourth-order valence-corrected chi connectivity index (χ4v) is 3.32. The molecular weight excluding hydrogens is 222 g/mol. The summed E-state index contributed by atoms with van der Waals surface area (Å²) in [5, 5.41) is 3.77. The number of rotatable bonds is 10. The van der Waals surface area contributed by atoms with E-state index in [4.69, 9.17) is 4.74 Å². The Labute approximate surface area is 114 Å². The Morgan fingerprint density at radius 3 is 2.33 bits per heavy atom. The third-order valence-corrected chi connectivity index (χ3v) is 4.25. The van der Waals surface area contributed by atoms with E-state index in [-0.39, 0.29) is 5.60 Å². The van der Waals surface area contributed by atoms with Crippen LogP contribution in [-0.4, -0.2) is 24.8 Å². The predicted molar refractivity (Wildman–Crippen MR) is 79.0 cm³/mol. The van der Waals surface area contributed by atoms with E-state index in [0.717, 1.165) is 13.2 Å². The lowest BCUT2D eigenvalue weighted by Gasteiger charge is -2.38. The summed E-state index contributed by atoms with van der Waals surface area (Å²) in [6, 6.07) is 0.575. The molecule has 1 atom stereocenters. The van der Waals surface area contributed by atoms with Crippen LogP contribution in [0.2, 0.25) is 0 Å². The van der Waals surface area contributed by atoms with Gasteiger partial charge in [0.25, 0.3) is 0 Å². The molecular formula is C16H33NO. The maximum Gasteiger partial charge on any atom is 0.0834 e. The van der Waals surface area contributed by atoms with Crippen molar-refractivity contribution in [1.82, 2.24) is 5.32 Å². The molecule has 0 saturated heterocycles. The lowest BCUT2D eigenvalue weighted by Crippen LogP contribution is -2.51. The van der Waals surface area contributed by atoms with Crippen LogP contribution in [0.25, 0.3) is 0 Å². The van der Waals surface area contributed by atoms with Crippen molar-refractivity contribution in [2.75, 3.05) is 13.2 Å². The first-order chi connectivity index (χ1) is 8.79. The summed E-state index contributed by atoms with van der Waals surface area (Å²) in [4.78, 5) is 0. The molecule has 0 spiro atoms. The van der Waals surface area contributed by atoms with Gasteiger partial charge in [-0.15, -0.1) is 0 Å². The van der Waals surface area contributed by atoms with Gasteiger partial charge < -0.3 is 10.1 Å². The molecule has 0 radical (unpaired) electrons. The highest BCUT2D eigenvalue weighted by molar-refractivity contribution is 4.97. The molecule has 0 aliphatic heterocycles. The minimum atomic E-state index is 0.150. The van der Waals surface area contributed by atoms with Gasteiger partial charge in [0.1, 0.15) is 0 Å². The Hall–Kier alpha value is -0.0800. The molecule has 0 aromatic carbocycles. The van der Waals surface area contributed by atoms with E-state index in [1.54, 1.807) is 0 Å². The van der Waals surface area contributed by atoms with Gasteiger partial charge in [-0.3, -0.25) is 0 Å². The first kappa shape index (κ1) is 16.0. The molecule has 108 valence electrons. The first-order valence-corrected chi connectivity index (χ1v) is 8.16. The van der Waals surface area contributed by atoms with E-state index >= 15 is 0 Å². The summed E-state index contributed by atoms with van der Waals surface area (Å²) >= 11 is 0. The van der Waals surface area contributed by atoms with Gasteiger partial charge in [-0.2, -0.15) is 0 Å². The van der Waals surface area contributed by atoms with E-state index in [1.165, 1.54) is 57.8 Å². The molecule has 0 aromatic rings. The van der Waals surface area contributed by atoms with Crippen molar-refractivity contribution in [3.8, 4) is 0 Å². The molecule has 0 heterocycles. The summed E-state index contributed by atoms with van der Waals surface area (Å²) < 4.78 is 6.22.